The van der Waals surface area contributed by atoms with Crippen molar-refractivity contribution in [2.75, 3.05) is 20.7 Å². The molecule has 0 saturated heterocycles. The van der Waals surface area contributed by atoms with E-state index >= 15 is 0 Å². The lowest BCUT2D eigenvalue weighted by atomic mass is 10.1. The normalized spacial score (nSPS) is 10.4. The molecule has 0 amide bonds. The Hall–Kier alpha value is -0.810. The molecule has 0 fully saturated rings. The number of hydrogen-bond donors (Lipinski definition) is 2. The Balaban J connectivity index is 3.14. The predicted octanol–water partition coefficient (Wildman–Crippen LogP) is 2.06. The molecule has 0 unspecified atom stereocenters. The maximum atomic E-state index is 13.8. The summed E-state index contributed by atoms with van der Waals surface area (Å²) in [5.74, 6) is -0.820. The molecule has 1 aromatic rings. The molecule has 0 aliphatic carbocycles. The van der Waals surface area contributed by atoms with Gasteiger partial charge in [-0.2, -0.15) is 0 Å². The molecule has 0 heterocycles. The SMILES string of the molecule is CNCCc1c(Br)cc(O)c(OC)c1F. The van der Waals surface area contributed by atoms with Crippen molar-refractivity contribution in [2.24, 2.45) is 0 Å². The van der Waals surface area contributed by atoms with E-state index in [4.69, 9.17) is 4.74 Å². The van der Waals surface area contributed by atoms with Gasteiger partial charge in [0.15, 0.2) is 17.3 Å². The summed E-state index contributed by atoms with van der Waals surface area (Å²) >= 11 is 3.21. The molecule has 0 saturated carbocycles. The monoisotopic (exact) mass is 277 g/mol. The van der Waals surface area contributed by atoms with Crippen molar-refractivity contribution >= 4 is 15.9 Å². The van der Waals surface area contributed by atoms with Gasteiger partial charge in [0.2, 0.25) is 0 Å². The first-order valence-corrected chi connectivity index (χ1v) is 5.29. The van der Waals surface area contributed by atoms with Crippen LogP contribution in [0.2, 0.25) is 0 Å². The van der Waals surface area contributed by atoms with Crippen LogP contribution in [0.25, 0.3) is 0 Å². The molecule has 1 aromatic carbocycles. The van der Waals surface area contributed by atoms with Crippen LogP contribution in [0.15, 0.2) is 10.5 Å². The molecule has 0 bridgehead atoms. The van der Waals surface area contributed by atoms with Crippen molar-refractivity contribution in [3.05, 3.63) is 21.9 Å². The van der Waals surface area contributed by atoms with Gasteiger partial charge in [-0.1, -0.05) is 15.9 Å². The van der Waals surface area contributed by atoms with Crippen molar-refractivity contribution < 1.29 is 14.2 Å². The summed E-state index contributed by atoms with van der Waals surface area (Å²) < 4.78 is 19.1. The summed E-state index contributed by atoms with van der Waals surface area (Å²) in [4.78, 5) is 0. The first-order valence-electron chi connectivity index (χ1n) is 4.50. The quantitative estimate of drug-likeness (QED) is 0.885. The van der Waals surface area contributed by atoms with Gasteiger partial charge in [0.1, 0.15) is 0 Å². The Morgan fingerprint density at radius 2 is 2.27 bits per heavy atom. The third-order valence-electron chi connectivity index (χ3n) is 2.08. The third kappa shape index (κ3) is 2.60. The van der Waals surface area contributed by atoms with Gasteiger partial charge >= 0.3 is 0 Å². The van der Waals surface area contributed by atoms with Crippen molar-refractivity contribution in [1.29, 1.82) is 0 Å². The maximum Gasteiger partial charge on any atom is 0.196 e. The number of halogens is 2. The minimum Gasteiger partial charge on any atom is -0.504 e. The number of ether oxygens (including phenoxy) is 1. The van der Waals surface area contributed by atoms with Crippen LogP contribution in [0.5, 0.6) is 11.5 Å². The van der Waals surface area contributed by atoms with Gasteiger partial charge in [-0.25, -0.2) is 4.39 Å². The summed E-state index contributed by atoms with van der Waals surface area (Å²) in [5, 5.41) is 12.3. The zero-order chi connectivity index (χ0) is 11.4. The van der Waals surface area contributed by atoms with Crippen LogP contribution in [0.1, 0.15) is 5.56 Å². The second-order valence-electron chi connectivity index (χ2n) is 3.06. The summed E-state index contributed by atoms with van der Waals surface area (Å²) in [6, 6.07) is 1.44. The Labute approximate surface area is 96.4 Å². The molecule has 0 aliphatic heterocycles. The minimum absolute atomic E-state index is 0.107. The van der Waals surface area contributed by atoms with E-state index in [0.29, 0.717) is 23.0 Å². The molecule has 84 valence electrons. The number of rotatable bonds is 4. The van der Waals surface area contributed by atoms with Crippen molar-refractivity contribution in [3.63, 3.8) is 0 Å². The Morgan fingerprint density at radius 1 is 1.60 bits per heavy atom. The number of phenolic OH excluding ortho intramolecular Hbond substituents is 1. The second kappa shape index (κ2) is 5.32. The lowest BCUT2D eigenvalue weighted by Crippen LogP contribution is -2.12. The summed E-state index contributed by atoms with van der Waals surface area (Å²) in [6.07, 6.45) is 0.527. The van der Waals surface area contributed by atoms with Gasteiger partial charge in [0, 0.05) is 10.0 Å². The van der Waals surface area contributed by atoms with E-state index in [1.165, 1.54) is 13.2 Å². The molecule has 3 nitrogen and oxygen atoms in total. The fourth-order valence-electron chi connectivity index (χ4n) is 1.30. The number of aromatic hydroxyl groups is 1. The Morgan fingerprint density at radius 3 is 2.80 bits per heavy atom. The van der Waals surface area contributed by atoms with E-state index in [1.807, 2.05) is 0 Å². The van der Waals surface area contributed by atoms with Crippen LogP contribution in [-0.4, -0.2) is 25.8 Å². The first-order chi connectivity index (χ1) is 7.11. The van der Waals surface area contributed by atoms with Gasteiger partial charge in [-0.3, -0.25) is 0 Å². The molecule has 0 aliphatic rings. The molecule has 1 rings (SSSR count). The van der Waals surface area contributed by atoms with Crippen LogP contribution in [-0.2, 0) is 6.42 Å². The van der Waals surface area contributed by atoms with Gasteiger partial charge in [-0.15, -0.1) is 0 Å². The van der Waals surface area contributed by atoms with Crippen LogP contribution in [0.4, 0.5) is 4.39 Å². The number of methoxy groups -OCH3 is 1. The number of benzene rings is 1. The highest BCUT2D eigenvalue weighted by molar-refractivity contribution is 9.10. The van der Waals surface area contributed by atoms with E-state index in [0.717, 1.165) is 0 Å². The Bertz CT molecular complexity index is 358. The molecule has 0 spiro atoms. The first kappa shape index (κ1) is 12.3. The van der Waals surface area contributed by atoms with E-state index in [-0.39, 0.29) is 11.5 Å². The van der Waals surface area contributed by atoms with Gasteiger partial charge in [0.05, 0.1) is 7.11 Å². The average molecular weight is 278 g/mol. The lowest BCUT2D eigenvalue weighted by molar-refractivity contribution is 0.349. The molecule has 0 atom stereocenters. The number of nitrogens with one attached hydrogen (secondary N) is 1. The Kier molecular flexibility index (Phi) is 4.35. The van der Waals surface area contributed by atoms with E-state index in [1.54, 1.807) is 7.05 Å². The highest BCUT2D eigenvalue weighted by Crippen LogP contribution is 2.36. The number of hydrogen-bond acceptors (Lipinski definition) is 3. The maximum absolute atomic E-state index is 13.8. The van der Waals surface area contributed by atoms with Crippen LogP contribution in [0, 0.1) is 5.82 Å². The summed E-state index contributed by atoms with van der Waals surface area (Å²) in [7, 11) is 3.12. The van der Waals surface area contributed by atoms with Gasteiger partial charge in [-0.05, 0) is 26.1 Å². The molecular formula is C10H13BrFNO2. The lowest BCUT2D eigenvalue weighted by Gasteiger charge is -2.11. The van der Waals surface area contributed by atoms with Crippen molar-refractivity contribution in [2.45, 2.75) is 6.42 Å². The standard InChI is InChI=1S/C10H13BrFNO2/c1-13-4-3-6-7(11)5-8(14)10(15-2)9(6)12/h5,13-14H,3-4H2,1-2H3. The highest BCUT2D eigenvalue weighted by atomic mass is 79.9. The second-order valence-corrected chi connectivity index (χ2v) is 3.91. The topological polar surface area (TPSA) is 41.5 Å². The smallest absolute Gasteiger partial charge is 0.196 e. The number of likely N-dealkylation sites (N-methyl/N-ethyl adjacent to an activating group) is 1. The molecular weight excluding hydrogens is 265 g/mol. The third-order valence-corrected chi connectivity index (χ3v) is 2.79. The predicted molar refractivity (Wildman–Crippen MR) is 59.9 cm³/mol. The van der Waals surface area contributed by atoms with E-state index in [2.05, 4.69) is 21.2 Å². The fourth-order valence-corrected chi connectivity index (χ4v) is 1.89. The van der Waals surface area contributed by atoms with Crippen LogP contribution < -0.4 is 10.1 Å². The van der Waals surface area contributed by atoms with Crippen molar-refractivity contribution in [1.82, 2.24) is 5.32 Å². The summed E-state index contributed by atoms with van der Waals surface area (Å²) in [5.41, 5.74) is 0.499. The zero-order valence-electron chi connectivity index (χ0n) is 8.60. The van der Waals surface area contributed by atoms with Gasteiger partial charge in [0.25, 0.3) is 0 Å². The van der Waals surface area contributed by atoms with Gasteiger partial charge < -0.3 is 15.2 Å². The average Bonchev–Trinajstić information content (AvgIpc) is 2.17. The van der Waals surface area contributed by atoms with Crippen LogP contribution in [0.3, 0.4) is 0 Å². The largest absolute Gasteiger partial charge is 0.504 e. The minimum atomic E-state index is -0.514. The van der Waals surface area contributed by atoms with E-state index in [9.17, 15) is 9.50 Å². The summed E-state index contributed by atoms with van der Waals surface area (Å²) in [6.45, 7) is 0.656. The molecule has 0 aromatic heterocycles. The molecule has 2 N–H and O–H groups in total. The number of phenols is 1. The molecule has 5 heteroatoms. The zero-order valence-corrected chi connectivity index (χ0v) is 10.2. The van der Waals surface area contributed by atoms with Crippen LogP contribution >= 0.6 is 15.9 Å². The van der Waals surface area contributed by atoms with E-state index < -0.39 is 5.82 Å². The molecule has 0 radical (unpaired) electrons. The molecule has 15 heavy (non-hydrogen) atoms. The van der Waals surface area contributed by atoms with Crippen molar-refractivity contribution in [3.8, 4) is 11.5 Å². The highest BCUT2D eigenvalue weighted by Gasteiger charge is 2.16. The fraction of sp³-hybridized carbons (Fsp3) is 0.400.